The van der Waals surface area contributed by atoms with Crippen molar-refractivity contribution in [2.45, 2.75) is 0 Å². The smallest absolute Gasteiger partial charge is 0.306 e. The number of nitro groups is 1. The van der Waals surface area contributed by atoms with E-state index in [1.807, 2.05) is 0 Å². The van der Waals surface area contributed by atoms with E-state index in [0.717, 1.165) is 0 Å². The molecule has 0 fully saturated rings. The Bertz CT molecular complexity index is 331. The molecule has 6 heteroatoms. The normalized spacial score (nSPS) is 9.69. The summed E-state index contributed by atoms with van der Waals surface area (Å²) in [5, 5.41) is 10.5. The first-order valence-electron chi connectivity index (χ1n) is 3.33. The van der Waals surface area contributed by atoms with E-state index in [2.05, 4.69) is 15.9 Å². The first-order chi connectivity index (χ1) is 6.06. The molecule has 0 saturated heterocycles. The lowest BCUT2D eigenvalue weighted by Crippen LogP contribution is -1.97. The van der Waals surface area contributed by atoms with Crippen LogP contribution < -0.4 is 10.5 Å². The Balaban J connectivity index is 3.31. The van der Waals surface area contributed by atoms with Gasteiger partial charge in [0.1, 0.15) is 15.9 Å². The van der Waals surface area contributed by atoms with Crippen molar-refractivity contribution < 1.29 is 9.66 Å². The predicted octanol–water partition coefficient (Wildman–Crippen LogP) is 1.95. The summed E-state index contributed by atoms with van der Waals surface area (Å²) in [5.74, 6) is 0.481. The van der Waals surface area contributed by atoms with Crippen molar-refractivity contribution in [1.82, 2.24) is 0 Å². The Hall–Kier alpha value is -1.30. The molecule has 0 unspecified atom stereocenters. The van der Waals surface area contributed by atoms with Crippen LogP contribution in [0.15, 0.2) is 16.6 Å². The van der Waals surface area contributed by atoms with Crippen LogP contribution in [0.1, 0.15) is 0 Å². The summed E-state index contributed by atoms with van der Waals surface area (Å²) in [5.41, 5.74) is 5.39. The Kier molecular flexibility index (Phi) is 2.72. The summed E-state index contributed by atoms with van der Waals surface area (Å²) in [6.45, 7) is 0. The van der Waals surface area contributed by atoms with E-state index in [1.54, 1.807) is 0 Å². The first-order valence-corrected chi connectivity index (χ1v) is 4.13. The monoisotopic (exact) mass is 246 g/mol. The summed E-state index contributed by atoms with van der Waals surface area (Å²) in [7, 11) is 1.47. The largest absolute Gasteiger partial charge is 0.497 e. The molecule has 2 N–H and O–H groups in total. The van der Waals surface area contributed by atoms with Crippen LogP contribution in [-0.2, 0) is 0 Å². The fourth-order valence-electron chi connectivity index (χ4n) is 0.905. The molecule has 0 bridgehead atoms. The molecule has 0 saturated carbocycles. The minimum absolute atomic E-state index is 0.0798. The van der Waals surface area contributed by atoms with Crippen molar-refractivity contribution in [1.29, 1.82) is 0 Å². The molecule has 70 valence electrons. The number of rotatable bonds is 2. The topological polar surface area (TPSA) is 78.4 Å². The number of anilines is 1. The summed E-state index contributed by atoms with van der Waals surface area (Å²) in [4.78, 5) is 9.95. The van der Waals surface area contributed by atoms with Gasteiger partial charge in [-0.2, -0.15) is 0 Å². The van der Waals surface area contributed by atoms with E-state index in [9.17, 15) is 10.1 Å². The van der Waals surface area contributed by atoms with Gasteiger partial charge in [-0.1, -0.05) is 0 Å². The molecular formula is C7H7BrN2O3. The number of benzene rings is 1. The van der Waals surface area contributed by atoms with Crippen LogP contribution in [0.25, 0.3) is 0 Å². The molecule has 1 rings (SSSR count). The minimum atomic E-state index is -0.543. The fraction of sp³-hybridized carbons (Fsp3) is 0.143. The first kappa shape index (κ1) is 9.79. The van der Waals surface area contributed by atoms with Gasteiger partial charge in [0.05, 0.1) is 12.0 Å². The highest BCUT2D eigenvalue weighted by Gasteiger charge is 2.17. The van der Waals surface area contributed by atoms with Gasteiger partial charge in [0.2, 0.25) is 0 Å². The van der Waals surface area contributed by atoms with E-state index in [-0.39, 0.29) is 11.4 Å². The van der Waals surface area contributed by atoms with Crippen molar-refractivity contribution in [3.05, 3.63) is 26.7 Å². The van der Waals surface area contributed by atoms with Crippen LogP contribution in [0.5, 0.6) is 5.75 Å². The van der Waals surface area contributed by atoms with Gasteiger partial charge < -0.3 is 10.5 Å². The van der Waals surface area contributed by atoms with Crippen molar-refractivity contribution in [2.24, 2.45) is 0 Å². The van der Waals surface area contributed by atoms with Crippen molar-refractivity contribution >= 4 is 27.3 Å². The second-order valence-corrected chi connectivity index (χ2v) is 3.16. The van der Waals surface area contributed by atoms with Crippen LogP contribution in [0.4, 0.5) is 11.4 Å². The van der Waals surface area contributed by atoms with Gasteiger partial charge in [-0.3, -0.25) is 10.1 Å². The number of methoxy groups -OCH3 is 1. The number of nitro benzene ring substituents is 1. The molecule has 0 radical (unpaired) electrons. The number of ether oxygens (including phenoxy) is 1. The zero-order chi connectivity index (χ0) is 10.0. The fourth-order valence-corrected chi connectivity index (χ4v) is 1.50. The SMILES string of the molecule is COc1cc(N)c([N+](=O)[O-])c(Br)c1. The quantitative estimate of drug-likeness (QED) is 0.492. The number of nitrogens with zero attached hydrogens (tertiary/aromatic N) is 1. The van der Waals surface area contributed by atoms with Gasteiger partial charge in [0, 0.05) is 12.1 Å². The zero-order valence-corrected chi connectivity index (χ0v) is 8.37. The van der Waals surface area contributed by atoms with Crippen molar-refractivity contribution in [2.75, 3.05) is 12.8 Å². The third-order valence-electron chi connectivity index (χ3n) is 1.48. The third kappa shape index (κ3) is 1.89. The third-order valence-corrected chi connectivity index (χ3v) is 2.09. The zero-order valence-electron chi connectivity index (χ0n) is 6.78. The number of nitrogens with two attached hydrogens (primary N) is 1. The van der Waals surface area contributed by atoms with Gasteiger partial charge in [0.15, 0.2) is 0 Å². The summed E-state index contributed by atoms with van der Waals surface area (Å²) >= 11 is 3.04. The molecule has 0 heterocycles. The van der Waals surface area contributed by atoms with E-state index >= 15 is 0 Å². The van der Waals surface area contributed by atoms with Gasteiger partial charge in [-0.05, 0) is 15.9 Å². The van der Waals surface area contributed by atoms with E-state index < -0.39 is 4.92 Å². The molecule has 13 heavy (non-hydrogen) atoms. The lowest BCUT2D eigenvalue weighted by molar-refractivity contribution is -0.384. The summed E-state index contributed by atoms with van der Waals surface area (Å²) in [6, 6.07) is 2.90. The van der Waals surface area contributed by atoms with Crippen LogP contribution in [0.2, 0.25) is 0 Å². The van der Waals surface area contributed by atoms with Gasteiger partial charge >= 0.3 is 5.69 Å². The molecule has 0 aliphatic heterocycles. The van der Waals surface area contributed by atoms with Gasteiger partial charge in [-0.15, -0.1) is 0 Å². The number of halogens is 1. The van der Waals surface area contributed by atoms with Crippen LogP contribution in [-0.4, -0.2) is 12.0 Å². The molecule has 0 atom stereocenters. The van der Waals surface area contributed by atoms with Crippen molar-refractivity contribution in [3.8, 4) is 5.75 Å². The summed E-state index contributed by atoms with van der Waals surface area (Å²) < 4.78 is 5.19. The molecule has 1 aromatic carbocycles. The maximum atomic E-state index is 10.5. The van der Waals surface area contributed by atoms with Crippen LogP contribution in [0, 0.1) is 10.1 Å². The molecule has 0 aromatic heterocycles. The Labute approximate surface area is 82.8 Å². The standard InChI is InChI=1S/C7H7BrN2O3/c1-13-4-2-5(8)7(10(11)12)6(9)3-4/h2-3H,9H2,1H3. The second-order valence-electron chi connectivity index (χ2n) is 2.30. The number of hydrogen-bond donors (Lipinski definition) is 1. The average molecular weight is 247 g/mol. The highest BCUT2D eigenvalue weighted by Crippen LogP contribution is 2.34. The lowest BCUT2D eigenvalue weighted by Gasteiger charge is -2.03. The number of hydrogen-bond acceptors (Lipinski definition) is 4. The van der Waals surface area contributed by atoms with Crippen LogP contribution in [0.3, 0.4) is 0 Å². The maximum Gasteiger partial charge on any atom is 0.306 e. The molecule has 0 aliphatic rings. The van der Waals surface area contributed by atoms with E-state index in [0.29, 0.717) is 10.2 Å². The Morgan fingerprint density at radius 1 is 1.62 bits per heavy atom. The predicted molar refractivity (Wildman–Crippen MR) is 51.8 cm³/mol. The Morgan fingerprint density at radius 3 is 2.62 bits per heavy atom. The number of nitrogen functional groups attached to an aromatic ring is 1. The van der Waals surface area contributed by atoms with Crippen molar-refractivity contribution in [3.63, 3.8) is 0 Å². The molecule has 0 spiro atoms. The maximum absolute atomic E-state index is 10.5. The highest BCUT2D eigenvalue weighted by atomic mass is 79.9. The van der Waals surface area contributed by atoms with E-state index in [4.69, 9.17) is 10.5 Å². The molecular weight excluding hydrogens is 240 g/mol. The molecule has 0 amide bonds. The lowest BCUT2D eigenvalue weighted by atomic mass is 10.2. The second kappa shape index (κ2) is 3.61. The minimum Gasteiger partial charge on any atom is -0.497 e. The van der Waals surface area contributed by atoms with E-state index in [1.165, 1.54) is 19.2 Å². The average Bonchev–Trinajstić information content (AvgIpc) is 2.02. The highest BCUT2D eigenvalue weighted by molar-refractivity contribution is 9.10. The Morgan fingerprint density at radius 2 is 2.23 bits per heavy atom. The molecule has 1 aromatic rings. The van der Waals surface area contributed by atoms with Gasteiger partial charge in [-0.25, -0.2) is 0 Å². The molecule has 0 aliphatic carbocycles. The molecule has 5 nitrogen and oxygen atoms in total. The van der Waals surface area contributed by atoms with Crippen LogP contribution >= 0.6 is 15.9 Å². The van der Waals surface area contributed by atoms with Gasteiger partial charge in [0.25, 0.3) is 0 Å². The summed E-state index contributed by atoms with van der Waals surface area (Å²) in [6.07, 6.45) is 0.